The first-order chi connectivity index (χ1) is 9.70. The fourth-order valence-electron chi connectivity index (χ4n) is 1.08. The van der Waals surface area contributed by atoms with Crippen molar-refractivity contribution in [3.63, 3.8) is 0 Å². The van der Waals surface area contributed by atoms with Crippen molar-refractivity contribution in [2.45, 2.75) is 26.1 Å². The van der Waals surface area contributed by atoms with E-state index in [2.05, 4.69) is 11.8 Å². The van der Waals surface area contributed by atoms with Crippen LogP contribution in [0.3, 0.4) is 0 Å². The van der Waals surface area contributed by atoms with Crippen LogP contribution in [-0.2, 0) is 0 Å². The lowest BCUT2D eigenvalue weighted by atomic mass is 10.2. The van der Waals surface area contributed by atoms with E-state index < -0.39 is 12.2 Å². The van der Waals surface area contributed by atoms with Gasteiger partial charge < -0.3 is 10.2 Å². The van der Waals surface area contributed by atoms with E-state index in [1.54, 1.807) is 36.5 Å². The summed E-state index contributed by atoms with van der Waals surface area (Å²) in [6, 6.07) is 0. The van der Waals surface area contributed by atoms with Gasteiger partial charge in [-0.15, -0.1) is 0 Å². The lowest BCUT2D eigenvalue weighted by molar-refractivity contribution is 0.270. The zero-order valence-corrected chi connectivity index (χ0v) is 12.0. The molecule has 2 unspecified atom stereocenters. The summed E-state index contributed by atoms with van der Waals surface area (Å²) in [5, 5.41) is 19.1. The molecule has 0 aromatic heterocycles. The van der Waals surface area contributed by atoms with E-state index in [-0.39, 0.29) is 0 Å². The Morgan fingerprint density at radius 1 is 0.600 bits per heavy atom. The minimum absolute atomic E-state index is 0.883. The van der Waals surface area contributed by atoms with E-state index in [9.17, 15) is 10.2 Å². The van der Waals surface area contributed by atoms with Gasteiger partial charge >= 0.3 is 0 Å². The molecule has 0 aliphatic rings. The van der Waals surface area contributed by atoms with Crippen molar-refractivity contribution in [1.29, 1.82) is 0 Å². The molecular weight excluding hydrogens is 248 g/mol. The molecule has 0 aromatic rings. The summed E-state index contributed by atoms with van der Waals surface area (Å²) >= 11 is 0. The first-order valence-corrected chi connectivity index (χ1v) is 6.50. The maximum absolute atomic E-state index is 9.53. The Labute approximate surface area is 121 Å². The van der Waals surface area contributed by atoms with Crippen molar-refractivity contribution < 1.29 is 10.2 Å². The second kappa shape index (κ2) is 13.4. The molecule has 0 radical (unpaired) electrons. The van der Waals surface area contributed by atoms with Gasteiger partial charge in [-0.1, -0.05) is 72.6 Å². The SMILES string of the molecule is CC=CC=CC=CC(O)C#CC(O)C=CC=CC=CC. The standard InChI is InChI=1S/C18H22O2/c1-3-5-7-9-11-13-17(19)15-16-18(20)14-12-10-8-6-4-2/h3-14,17-20H,1-2H3. The molecule has 2 nitrogen and oxygen atoms in total. The minimum atomic E-state index is -0.883. The lowest BCUT2D eigenvalue weighted by Gasteiger charge is -1.94. The van der Waals surface area contributed by atoms with Gasteiger partial charge in [0.15, 0.2) is 0 Å². The second-order valence-corrected chi connectivity index (χ2v) is 3.77. The molecule has 20 heavy (non-hydrogen) atoms. The molecule has 0 fully saturated rings. The van der Waals surface area contributed by atoms with Crippen molar-refractivity contribution in [2.24, 2.45) is 0 Å². The van der Waals surface area contributed by atoms with Crippen LogP contribution in [0, 0.1) is 11.8 Å². The molecule has 0 saturated heterocycles. The average molecular weight is 270 g/mol. The highest BCUT2D eigenvalue weighted by molar-refractivity contribution is 5.22. The van der Waals surface area contributed by atoms with Crippen LogP contribution >= 0.6 is 0 Å². The molecule has 0 amide bonds. The van der Waals surface area contributed by atoms with E-state index in [0.717, 1.165) is 0 Å². The lowest BCUT2D eigenvalue weighted by Crippen LogP contribution is -2.01. The van der Waals surface area contributed by atoms with Crippen molar-refractivity contribution in [1.82, 2.24) is 0 Å². The van der Waals surface area contributed by atoms with Gasteiger partial charge in [-0.2, -0.15) is 0 Å². The average Bonchev–Trinajstić information content (AvgIpc) is 2.44. The predicted molar refractivity (Wildman–Crippen MR) is 86.0 cm³/mol. The molecule has 0 aromatic carbocycles. The highest BCUT2D eigenvalue weighted by Gasteiger charge is 1.92. The Morgan fingerprint density at radius 2 is 0.950 bits per heavy atom. The molecule has 106 valence electrons. The molecular formula is C18H22O2. The minimum Gasteiger partial charge on any atom is -0.377 e. The summed E-state index contributed by atoms with van der Waals surface area (Å²) < 4.78 is 0. The first kappa shape index (κ1) is 17.9. The highest BCUT2D eigenvalue weighted by Crippen LogP contribution is 1.89. The summed E-state index contributed by atoms with van der Waals surface area (Å²) in [4.78, 5) is 0. The maximum atomic E-state index is 9.53. The van der Waals surface area contributed by atoms with Crippen LogP contribution in [0.2, 0.25) is 0 Å². The Kier molecular flexibility index (Phi) is 12.0. The normalized spacial score (nSPS) is 16.0. The summed E-state index contributed by atoms with van der Waals surface area (Å²) in [6.07, 6.45) is 19.7. The largest absolute Gasteiger partial charge is 0.377 e. The van der Waals surface area contributed by atoms with Gasteiger partial charge in [0.05, 0.1) is 0 Å². The third-order valence-electron chi connectivity index (χ3n) is 2.02. The number of aliphatic hydroxyl groups is 2. The van der Waals surface area contributed by atoms with Gasteiger partial charge in [0.1, 0.15) is 12.2 Å². The zero-order valence-electron chi connectivity index (χ0n) is 12.0. The molecule has 2 N–H and O–H groups in total. The van der Waals surface area contributed by atoms with Crippen molar-refractivity contribution in [2.75, 3.05) is 0 Å². The summed E-state index contributed by atoms with van der Waals surface area (Å²) in [6.45, 7) is 3.86. The molecule has 0 spiro atoms. The third kappa shape index (κ3) is 12.4. The molecule has 2 heteroatoms. The summed E-state index contributed by atoms with van der Waals surface area (Å²) in [7, 11) is 0. The van der Waals surface area contributed by atoms with Gasteiger partial charge in [-0.3, -0.25) is 0 Å². The monoisotopic (exact) mass is 270 g/mol. The first-order valence-electron chi connectivity index (χ1n) is 6.50. The van der Waals surface area contributed by atoms with Gasteiger partial charge in [-0.05, 0) is 26.0 Å². The zero-order chi connectivity index (χ0) is 15.1. The Hall–Kier alpha value is -2.08. The van der Waals surface area contributed by atoms with Gasteiger partial charge in [0.2, 0.25) is 0 Å². The molecule has 0 bridgehead atoms. The Balaban J connectivity index is 4.22. The van der Waals surface area contributed by atoms with E-state index in [0.29, 0.717) is 0 Å². The van der Waals surface area contributed by atoms with Crippen LogP contribution < -0.4 is 0 Å². The molecule has 0 aliphatic carbocycles. The Morgan fingerprint density at radius 3 is 1.30 bits per heavy atom. The molecule has 2 atom stereocenters. The van der Waals surface area contributed by atoms with Crippen LogP contribution in [0.4, 0.5) is 0 Å². The van der Waals surface area contributed by atoms with Crippen LogP contribution in [0.15, 0.2) is 72.9 Å². The smallest absolute Gasteiger partial charge is 0.133 e. The van der Waals surface area contributed by atoms with Crippen LogP contribution in [0.25, 0.3) is 0 Å². The number of aliphatic hydroxyl groups excluding tert-OH is 2. The van der Waals surface area contributed by atoms with Crippen LogP contribution in [-0.4, -0.2) is 22.4 Å². The van der Waals surface area contributed by atoms with E-state index in [1.165, 1.54) is 0 Å². The maximum Gasteiger partial charge on any atom is 0.133 e. The van der Waals surface area contributed by atoms with Crippen LogP contribution in [0.5, 0.6) is 0 Å². The fraction of sp³-hybridized carbons (Fsp3) is 0.222. The van der Waals surface area contributed by atoms with Crippen molar-refractivity contribution >= 4 is 0 Å². The quantitative estimate of drug-likeness (QED) is 0.575. The molecule has 0 heterocycles. The van der Waals surface area contributed by atoms with Gasteiger partial charge in [0, 0.05) is 0 Å². The number of hydrogen-bond donors (Lipinski definition) is 2. The fourth-order valence-corrected chi connectivity index (χ4v) is 1.08. The predicted octanol–water partition coefficient (Wildman–Crippen LogP) is 3.09. The van der Waals surface area contributed by atoms with E-state index in [4.69, 9.17) is 0 Å². The third-order valence-corrected chi connectivity index (χ3v) is 2.02. The van der Waals surface area contributed by atoms with Crippen molar-refractivity contribution in [3.05, 3.63) is 72.9 Å². The highest BCUT2D eigenvalue weighted by atomic mass is 16.3. The molecule has 0 saturated carbocycles. The molecule has 0 aliphatic heterocycles. The van der Waals surface area contributed by atoms with E-state index in [1.807, 2.05) is 50.3 Å². The second-order valence-electron chi connectivity index (χ2n) is 3.77. The number of hydrogen-bond acceptors (Lipinski definition) is 2. The van der Waals surface area contributed by atoms with E-state index >= 15 is 0 Å². The van der Waals surface area contributed by atoms with Crippen LogP contribution in [0.1, 0.15) is 13.8 Å². The topological polar surface area (TPSA) is 40.5 Å². The summed E-state index contributed by atoms with van der Waals surface area (Å²) in [5.41, 5.74) is 0. The molecule has 0 rings (SSSR count). The van der Waals surface area contributed by atoms with Crippen molar-refractivity contribution in [3.8, 4) is 11.8 Å². The van der Waals surface area contributed by atoms with Gasteiger partial charge in [0.25, 0.3) is 0 Å². The number of allylic oxidation sites excluding steroid dienone is 10. The van der Waals surface area contributed by atoms with Gasteiger partial charge in [-0.25, -0.2) is 0 Å². The summed E-state index contributed by atoms with van der Waals surface area (Å²) in [5.74, 6) is 5.11. The number of rotatable bonds is 6. The Bertz CT molecular complexity index is 423.